The Balaban J connectivity index is 0.681. The van der Waals surface area contributed by atoms with Crippen molar-refractivity contribution < 1.29 is 0 Å². The van der Waals surface area contributed by atoms with Gasteiger partial charge in [0.2, 0.25) is 0 Å². The molecular formula is C71H55N. The molecule has 11 aromatic rings. The van der Waals surface area contributed by atoms with E-state index in [4.69, 9.17) is 0 Å². The molecule has 4 aliphatic rings. The lowest BCUT2D eigenvalue weighted by atomic mass is 9.75. The Bertz CT molecular complexity index is 4030. The van der Waals surface area contributed by atoms with Crippen molar-refractivity contribution in [2.75, 3.05) is 0 Å². The summed E-state index contributed by atoms with van der Waals surface area (Å²) in [6.07, 6.45) is 14.7. The van der Waals surface area contributed by atoms with Gasteiger partial charge in [-0.2, -0.15) is 0 Å². The van der Waals surface area contributed by atoms with Crippen molar-refractivity contribution >= 4 is 44.7 Å². The van der Waals surface area contributed by atoms with Crippen LogP contribution < -0.4 is 0 Å². The smallest absolute Gasteiger partial charge is 0.0541 e. The van der Waals surface area contributed by atoms with Crippen molar-refractivity contribution in [2.45, 2.75) is 69.1 Å². The topological polar surface area (TPSA) is 4.93 Å². The molecule has 344 valence electrons. The predicted octanol–water partition coefficient (Wildman–Crippen LogP) is 19.1. The van der Waals surface area contributed by atoms with Crippen molar-refractivity contribution in [3.8, 4) is 61.3 Å². The molecule has 0 amide bonds. The zero-order chi connectivity index (χ0) is 47.5. The summed E-state index contributed by atoms with van der Waals surface area (Å²) in [4.78, 5) is 0. The van der Waals surface area contributed by atoms with Gasteiger partial charge in [0.25, 0.3) is 0 Å². The van der Waals surface area contributed by atoms with Gasteiger partial charge in [-0.15, -0.1) is 0 Å². The monoisotopic (exact) mass is 921 g/mol. The number of hydrogen-bond donors (Lipinski definition) is 0. The summed E-state index contributed by atoms with van der Waals surface area (Å²) in [6.45, 7) is 2.26. The number of fused-ring (bicyclic) bond motifs is 14. The minimum Gasteiger partial charge on any atom is -0.309 e. The van der Waals surface area contributed by atoms with Gasteiger partial charge in [0.1, 0.15) is 0 Å². The van der Waals surface area contributed by atoms with Gasteiger partial charge < -0.3 is 4.57 Å². The molecule has 0 atom stereocenters. The lowest BCUT2D eigenvalue weighted by Gasteiger charge is -2.28. The zero-order valence-electron chi connectivity index (χ0n) is 40.9. The fourth-order valence-corrected chi connectivity index (χ4v) is 14.2. The van der Waals surface area contributed by atoms with E-state index < -0.39 is 0 Å². The molecule has 0 aliphatic heterocycles. The lowest BCUT2D eigenvalue weighted by molar-refractivity contribution is 0.549. The molecule has 15 rings (SSSR count). The largest absolute Gasteiger partial charge is 0.309 e. The van der Waals surface area contributed by atoms with E-state index in [-0.39, 0.29) is 10.8 Å². The number of aromatic nitrogens is 1. The van der Waals surface area contributed by atoms with Gasteiger partial charge in [-0.25, -0.2) is 0 Å². The summed E-state index contributed by atoms with van der Waals surface area (Å²) in [5, 5.41) is 5.05. The Morgan fingerprint density at radius 3 is 1.38 bits per heavy atom. The van der Waals surface area contributed by atoms with Crippen LogP contribution in [0.1, 0.15) is 90.3 Å². The number of rotatable bonds is 6. The fraction of sp³-hybridized carbons (Fsp3) is 0.155. The van der Waals surface area contributed by atoms with E-state index >= 15 is 0 Å². The Morgan fingerprint density at radius 1 is 0.347 bits per heavy atom. The first-order chi connectivity index (χ1) is 35.5. The molecule has 2 spiro atoms. The summed E-state index contributed by atoms with van der Waals surface area (Å²) < 4.78 is 2.41. The molecule has 0 N–H and O–H groups in total. The lowest BCUT2D eigenvalue weighted by Crippen LogP contribution is -2.21. The van der Waals surface area contributed by atoms with Crippen molar-refractivity contribution in [3.05, 3.63) is 245 Å². The van der Waals surface area contributed by atoms with Gasteiger partial charge in [0.05, 0.1) is 11.0 Å². The molecule has 2 fully saturated rings. The molecule has 1 aromatic heterocycles. The van der Waals surface area contributed by atoms with Crippen LogP contribution in [0.25, 0.3) is 106 Å². The van der Waals surface area contributed by atoms with Gasteiger partial charge in [0.15, 0.2) is 0 Å². The van der Waals surface area contributed by atoms with E-state index in [1.807, 2.05) is 0 Å². The molecule has 0 saturated heterocycles. The first-order valence-electron chi connectivity index (χ1n) is 26.5. The van der Waals surface area contributed by atoms with Crippen molar-refractivity contribution in [1.29, 1.82) is 0 Å². The van der Waals surface area contributed by atoms with E-state index in [0.29, 0.717) is 0 Å². The number of para-hydroxylation sites is 1. The van der Waals surface area contributed by atoms with Crippen LogP contribution in [-0.4, -0.2) is 4.57 Å². The first-order valence-corrected chi connectivity index (χ1v) is 26.5. The Morgan fingerprint density at radius 2 is 0.792 bits per heavy atom. The highest BCUT2D eigenvalue weighted by molar-refractivity contribution is 6.10. The third-order valence-corrected chi connectivity index (χ3v) is 17.7. The maximum absolute atomic E-state index is 2.59. The van der Waals surface area contributed by atoms with Gasteiger partial charge >= 0.3 is 0 Å². The van der Waals surface area contributed by atoms with Crippen molar-refractivity contribution in [3.63, 3.8) is 0 Å². The van der Waals surface area contributed by atoms with Crippen LogP contribution in [0, 0.1) is 6.92 Å². The van der Waals surface area contributed by atoms with E-state index in [1.54, 1.807) is 16.7 Å². The summed E-state index contributed by atoms with van der Waals surface area (Å²) >= 11 is 0. The number of aryl methyl sites for hydroxylation is 1. The fourth-order valence-electron chi connectivity index (χ4n) is 14.2. The third kappa shape index (κ3) is 6.32. The van der Waals surface area contributed by atoms with Crippen LogP contribution in [-0.2, 0) is 10.8 Å². The molecule has 1 heterocycles. The second kappa shape index (κ2) is 16.0. The summed E-state index contributed by atoms with van der Waals surface area (Å²) in [5.74, 6) is 0. The van der Waals surface area contributed by atoms with Crippen LogP contribution in [0.15, 0.2) is 206 Å². The highest BCUT2D eigenvalue weighted by Crippen LogP contribution is 2.60. The summed E-state index contributed by atoms with van der Waals surface area (Å²) in [5.41, 5.74) is 27.5. The van der Waals surface area contributed by atoms with Gasteiger partial charge in [-0.1, -0.05) is 201 Å². The van der Waals surface area contributed by atoms with Crippen LogP contribution in [0.4, 0.5) is 0 Å². The van der Waals surface area contributed by atoms with Crippen molar-refractivity contribution in [1.82, 2.24) is 4.57 Å². The number of nitrogens with zero attached hydrogens (tertiary/aromatic N) is 1. The van der Waals surface area contributed by atoms with E-state index in [9.17, 15) is 0 Å². The van der Waals surface area contributed by atoms with Gasteiger partial charge in [0, 0.05) is 27.3 Å². The molecule has 2 saturated carbocycles. The zero-order valence-corrected chi connectivity index (χ0v) is 40.9. The average molecular weight is 922 g/mol. The molecule has 72 heavy (non-hydrogen) atoms. The second-order valence-corrected chi connectivity index (χ2v) is 21.6. The van der Waals surface area contributed by atoms with E-state index in [1.165, 1.54) is 168 Å². The van der Waals surface area contributed by atoms with Crippen LogP contribution in [0.5, 0.6) is 0 Å². The maximum Gasteiger partial charge on any atom is 0.0541 e. The summed E-state index contributed by atoms with van der Waals surface area (Å²) in [6, 6.07) is 78.7. The average Bonchev–Trinajstić information content (AvgIpc) is 4.29. The molecule has 10 aromatic carbocycles. The van der Waals surface area contributed by atoms with Gasteiger partial charge in [-0.3, -0.25) is 0 Å². The highest BCUT2D eigenvalue weighted by atomic mass is 15.0. The van der Waals surface area contributed by atoms with E-state index in [2.05, 4.69) is 230 Å². The number of benzene rings is 10. The van der Waals surface area contributed by atoms with Gasteiger partial charge in [-0.05, 0) is 181 Å². The van der Waals surface area contributed by atoms with Crippen molar-refractivity contribution in [2.24, 2.45) is 0 Å². The van der Waals surface area contributed by atoms with Crippen LogP contribution >= 0.6 is 0 Å². The predicted molar refractivity (Wildman–Crippen MR) is 304 cm³/mol. The molecule has 1 nitrogen and oxygen atoms in total. The highest BCUT2D eigenvalue weighted by Gasteiger charge is 2.47. The molecule has 1 heteroatoms. The standard InChI is InChI=1S/C71H55N/c1-46-14-31-58-59-33-27-55(44-66(59)70(64(58)40-46)36-6-7-37-70)56-28-34-61-60-32-26-54(43-65(60)71(67(61)45-56)38-8-9-39-71)51-23-19-48(20-24-51)16-15-47-17-21-50(22-18-47)53-29-35-69-63(42-53)62-12-4-5-13-68(62)72(69)57-30-25-49-10-2-3-11-52(49)41-57/h2-5,10-35,40-45H,6-9,36-39H2,1H3/b16-15+. The minimum atomic E-state index is 0.0810. The molecule has 0 radical (unpaired) electrons. The SMILES string of the molecule is Cc1ccc2c(c1)C1(CCCC1)c1cc(-c3ccc4c(c3)C3(CCCC3)c3cc(-c5ccc(/C=C/c6ccc(-c7ccc8c(c7)c7ccccc7n8-c7ccc8ccccc8c7)cc6)cc5)ccc3-4)ccc1-2. The third-order valence-electron chi connectivity index (χ3n) is 17.7. The summed E-state index contributed by atoms with van der Waals surface area (Å²) in [7, 11) is 0. The quantitative estimate of drug-likeness (QED) is 0.146. The molecule has 4 aliphatic carbocycles. The molecular weight excluding hydrogens is 867 g/mol. The Kier molecular flexibility index (Phi) is 9.28. The Labute approximate surface area is 422 Å². The Hall–Kier alpha value is -8.00. The molecule has 0 unspecified atom stereocenters. The molecule has 0 bridgehead atoms. The number of hydrogen-bond acceptors (Lipinski definition) is 0. The van der Waals surface area contributed by atoms with Crippen LogP contribution in [0.2, 0.25) is 0 Å². The van der Waals surface area contributed by atoms with Crippen LogP contribution in [0.3, 0.4) is 0 Å². The second-order valence-electron chi connectivity index (χ2n) is 21.6. The normalized spacial score (nSPS) is 15.8. The first kappa shape index (κ1) is 41.8. The maximum atomic E-state index is 2.59. The minimum absolute atomic E-state index is 0.0810. The van der Waals surface area contributed by atoms with E-state index in [0.717, 1.165) is 0 Å².